The molecule has 1 aromatic carbocycles. The van der Waals surface area contributed by atoms with Crippen LogP contribution >= 0.6 is 0 Å². The third-order valence-corrected chi connectivity index (χ3v) is 2.67. The lowest BCUT2D eigenvalue weighted by molar-refractivity contribution is 0.114. The number of hydrogen-bond acceptors (Lipinski definition) is 2. The summed E-state index contributed by atoms with van der Waals surface area (Å²) in [4.78, 5) is 0. The molecule has 1 fully saturated rings. The molecule has 0 saturated heterocycles. The highest BCUT2D eigenvalue weighted by molar-refractivity contribution is 6.32. The first kappa shape index (κ1) is 10.3. The van der Waals surface area contributed by atoms with Crippen molar-refractivity contribution in [3.8, 4) is 0 Å². The van der Waals surface area contributed by atoms with Crippen molar-refractivity contribution in [2.45, 2.75) is 24.8 Å². The van der Waals surface area contributed by atoms with Crippen LogP contribution in [0, 0.1) is 0 Å². The number of anilines is 2. The van der Waals surface area contributed by atoms with Gasteiger partial charge in [-0.25, -0.2) is 8.78 Å². The summed E-state index contributed by atoms with van der Waals surface area (Å²) >= 11 is 0. The summed E-state index contributed by atoms with van der Waals surface area (Å²) in [6.07, 6.45) is -1.43. The third kappa shape index (κ3) is 1.91. The van der Waals surface area contributed by atoms with Crippen molar-refractivity contribution < 1.29 is 8.78 Å². The summed E-state index contributed by atoms with van der Waals surface area (Å²) in [5.74, 6) is 0. The number of hydrogen-bond donors (Lipinski definition) is 2. The van der Waals surface area contributed by atoms with Gasteiger partial charge in [0, 0.05) is 0 Å². The van der Waals surface area contributed by atoms with Crippen LogP contribution in [0.4, 0.5) is 20.2 Å². The Morgan fingerprint density at radius 3 is 2.60 bits per heavy atom. The minimum atomic E-state index is -2.38. The van der Waals surface area contributed by atoms with Gasteiger partial charge in [-0.2, -0.15) is 0 Å². The van der Waals surface area contributed by atoms with Crippen LogP contribution in [0.3, 0.4) is 0 Å². The number of alkyl halides is 2. The molecule has 1 aliphatic carbocycles. The molecule has 0 bridgehead atoms. The number of rotatable bonds is 3. The molecule has 0 spiro atoms. The van der Waals surface area contributed by atoms with Crippen molar-refractivity contribution in [3.63, 3.8) is 0 Å². The molecule has 2 nitrogen and oxygen atoms in total. The second-order valence-corrected chi connectivity index (χ2v) is 3.93. The molecule has 3 N–H and O–H groups in total. The molecule has 5 heteroatoms. The van der Waals surface area contributed by atoms with Gasteiger partial charge >= 0.3 is 0 Å². The second-order valence-electron chi connectivity index (χ2n) is 3.93. The van der Waals surface area contributed by atoms with E-state index >= 15 is 0 Å². The van der Waals surface area contributed by atoms with Crippen LogP contribution in [-0.2, 0) is 0 Å². The Morgan fingerprint density at radius 1 is 1.40 bits per heavy atom. The maximum absolute atomic E-state index is 12.7. The van der Waals surface area contributed by atoms with Gasteiger partial charge in [0.05, 0.1) is 16.9 Å². The minimum Gasteiger partial charge on any atom is -0.397 e. The predicted octanol–water partition coefficient (Wildman–Crippen LogP) is 1.27. The lowest BCUT2D eigenvalue weighted by Gasteiger charge is -2.19. The number of nitrogens with one attached hydrogen (secondary N) is 1. The van der Waals surface area contributed by atoms with Crippen LogP contribution in [0.1, 0.15) is 12.8 Å². The standard InChI is InChI=1S/C10H11BF2N2/c11-6-1-2-7(14)8(5-6)15-10(3-4-10)9(12)13/h1-2,5,9,15H,3-4,14H2. The summed E-state index contributed by atoms with van der Waals surface area (Å²) in [7, 11) is 5.56. The molecule has 2 radical (unpaired) electrons. The Hall–Kier alpha value is -1.26. The average molecular weight is 208 g/mol. The Morgan fingerprint density at radius 2 is 2.07 bits per heavy atom. The van der Waals surface area contributed by atoms with E-state index in [-0.39, 0.29) is 0 Å². The normalized spacial score (nSPS) is 17.8. The van der Waals surface area contributed by atoms with E-state index in [4.69, 9.17) is 13.6 Å². The SMILES string of the molecule is [B]c1ccc(N)c(NC2(C(F)F)CC2)c1. The van der Waals surface area contributed by atoms with Gasteiger partial charge in [-0.1, -0.05) is 11.5 Å². The van der Waals surface area contributed by atoms with E-state index in [9.17, 15) is 8.78 Å². The number of halogens is 2. The Balaban J connectivity index is 2.21. The van der Waals surface area contributed by atoms with E-state index in [1.54, 1.807) is 18.2 Å². The molecule has 1 saturated carbocycles. The summed E-state index contributed by atoms with van der Waals surface area (Å²) in [6.45, 7) is 0. The highest BCUT2D eigenvalue weighted by atomic mass is 19.3. The van der Waals surface area contributed by atoms with Crippen molar-refractivity contribution in [3.05, 3.63) is 18.2 Å². The first-order valence-electron chi connectivity index (χ1n) is 4.75. The molecule has 2 rings (SSSR count). The summed E-state index contributed by atoms with van der Waals surface area (Å²) in [6, 6.07) is 4.83. The molecule has 15 heavy (non-hydrogen) atoms. The van der Waals surface area contributed by atoms with Gasteiger partial charge in [0.2, 0.25) is 0 Å². The van der Waals surface area contributed by atoms with Gasteiger partial charge in [0.25, 0.3) is 6.43 Å². The van der Waals surface area contributed by atoms with Crippen molar-refractivity contribution in [1.82, 2.24) is 0 Å². The molecule has 0 unspecified atom stereocenters. The monoisotopic (exact) mass is 208 g/mol. The quantitative estimate of drug-likeness (QED) is 0.579. The van der Waals surface area contributed by atoms with Gasteiger partial charge in [-0.15, -0.1) is 0 Å². The van der Waals surface area contributed by atoms with Gasteiger partial charge in [-0.3, -0.25) is 0 Å². The fourth-order valence-electron chi connectivity index (χ4n) is 1.48. The lowest BCUT2D eigenvalue weighted by Crippen LogP contribution is -2.30. The number of benzene rings is 1. The van der Waals surface area contributed by atoms with Crippen LogP contribution < -0.4 is 16.5 Å². The van der Waals surface area contributed by atoms with Gasteiger partial charge in [-0.05, 0) is 25.0 Å². The van der Waals surface area contributed by atoms with E-state index in [1.807, 2.05) is 0 Å². The van der Waals surface area contributed by atoms with E-state index in [1.165, 1.54) is 0 Å². The molecule has 0 heterocycles. The minimum absolute atomic E-state index is 0.441. The van der Waals surface area contributed by atoms with Crippen molar-refractivity contribution >= 4 is 24.7 Å². The van der Waals surface area contributed by atoms with Gasteiger partial charge in [0.1, 0.15) is 7.85 Å². The van der Waals surface area contributed by atoms with Crippen LogP contribution in [0.15, 0.2) is 18.2 Å². The Bertz CT molecular complexity index is 378. The molecule has 1 aliphatic rings. The lowest BCUT2D eigenvalue weighted by atomic mass is 9.95. The number of nitrogen functional groups attached to an aromatic ring is 1. The molecule has 0 aliphatic heterocycles. The van der Waals surface area contributed by atoms with Crippen molar-refractivity contribution in [2.75, 3.05) is 11.1 Å². The third-order valence-electron chi connectivity index (χ3n) is 2.67. The van der Waals surface area contributed by atoms with E-state index in [2.05, 4.69) is 5.32 Å². The predicted molar refractivity (Wildman–Crippen MR) is 57.8 cm³/mol. The first-order chi connectivity index (χ1) is 7.03. The molecule has 0 amide bonds. The van der Waals surface area contributed by atoms with Crippen LogP contribution in [0.2, 0.25) is 0 Å². The smallest absolute Gasteiger partial charge is 0.261 e. The molecular formula is C10H11BF2N2. The maximum atomic E-state index is 12.7. The van der Waals surface area contributed by atoms with Crippen LogP contribution in [-0.4, -0.2) is 19.8 Å². The fraction of sp³-hybridized carbons (Fsp3) is 0.400. The Labute approximate surface area is 88.3 Å². The van der Waals surface area contributed by atoms with Crippen LogP contribution in [0.5, 0.6) is 0 Å². The van der Waals surface area contributed by atoms with Gasteiger partial charge < -0.3 is 11.1 Å². The largest absolute Gasteiger partial charge is 0.397 e. The molecule has 78 valence electrons. The van der Waals surface area contributed by atoms with Crippen molar-refractivity contribution in [2.24, 2.45) is 0 Å². The molecule has 0 aromatic heterocycles. The molecule has 0 atom stereocenters. The maximum Gasteiger partial charge on any atom is 0.261 e. The van der Waals surface area contributed by atoms with E-state index < -0.39 is 12.0 Å². The highest BCUT2D eigenvalue weighted by Gasteiger charge is 2.51. The average Bonchev–Trinajstić information content (AvgIpc) is 2.92. The van der Waals surface area contributed by atoms with E-state index in [0.717, 1.165) is 0 Å². The Kier molecular flexibility index (Phi) is 2.33. The fourth-order valence-corrected chi connectivity index (χ4v) is 1.48. The van der Waals surface area contributed by atoms with Crippen LogP contribution in [0.25, 0.3) is 0 Å². The topological polar surface area (TPSA) is 38.0 Å². The summed E-state index contributed by atoms with van der Waals surface area (Å²) in [5.41, 5.74) is 6.03. The first-order valence-corrected chi connectivity index (χ1v) is 4.75. The van der Waals surface area contributed by atoms with Crippen molar-refractivity contribution in [1.29, 1.82) is 0 Å². The zero-order valence-corrected chi connectivity index (χ0v) is 8.13. The zero-order chi connectivity index (χ0) is 11.1. The van der Waals surface area contributed by atoms with Gasteiger partial charge in [0.15, 0.2) is 0 Å². The molecular weight excluding hydrogens is 197 g/mol. The summed E-state index contributed by atoms with van der Waals surface area (Å²) in [5, 5.41) is 2.78. The zero-order valence-electron chi connectivity index (χ0n) is 8.13. The second kappa shape index (κ2) is 3.40. The highest BCUT2D eigenvalue weighted by Crippen LogP contribution is 2.44. The summed E-state index contributed by atoms with van der Waals surface area (Å²) < 4.78 is 25.3. The molecule has 1 aromatic rings. The number of nitrogens with two attached hydrogens (primary N) is 1. The van der Waals surface area contributed by atoms with E-state index in [0.29, 0.717) is 29.7 Å².